The Bertz CT molecular complexity index is 178. The summed E-state index contributed by atoms with van der Waals surface area (Å²) in [5.74, 6) is 0.131. The van der Waals surface area contributed by atoms with Crippen molar-refractivity contribution in [3.05, 3.63) is 11.1 Å². The van der Waals surface area contributed by atoms with Crippen molar-refractivity contribution in [2.75, 3.05) is 6.54 Å². The first-order valence-corrected chi connectivity index (χ1v) is 3.66. The van der Waals surface area contributed by atoms with Crippen molar-refractivity contribution in [2.45, 2.75) is 26.7 Å². The molecule has 1 heterocycles. The van der Waals surface area contributed by atoms with E-state index < -0.39 is 0 Å². The number of rotatable bonds is 0. The first kappa shape index (κ1) is 7.32. The van der Waals surface area contributed by atoms with Crippen LogP contribution in [0, 0.1) is 0 Å². The first-order valence-electron chi connectivity index (χ1n) is 3.66. The van der Waals surface area contributed by atoms with Gasteiger partial charge in [-0.2, -0.15) is 0 Å². The highest BCUT2D eigenvalue weighted by atomic mass is 16.1. The van der Waals surface area contributed by atoms with Crippen LogP contribution in [0.5, 0.6) is 0 Å². The molecular formula is C8H13NO. The number of allylic oxidation sites excluding steroid dienone is 1. The van der Waals surface area contributed by atoms with Gasteiger partial charge in [0.1, 0.15) is 0 Å². The van der Waals surface area contributed by atoms with Crippen LogP contribution in [-0.4, -0.2) is 12.5 Å². The van der Waals surface area contributed by atoms with Crippen molar-refractivity contribution < 1.29 is 4.79 Å². The molecule has 1 amide bonds. The fourth-order valence-electron chi connectivity index (χ4n) is 1.16. The van der Waals surface area contributed by atoms with Gasteiger partial charge < -0.3 is 5.32 Å². The zero-order valence-corrected chi connectivity index (χ0v) is 6.53. The quantitative estimate of drug-likeness (QED) is 0.502. The van der Waals surface area contributed by atoms with E-state index in [0.29, 0.717) is 0 Å². The maximum absolute atomic E-state index is 11.1. The van der Waals surface area contributed by atoms with E-state index >= 15 is 0 Å². The second-order valence-corrected chi connectivity index (χ2v) is 2.84. The smallest absolute Gasteiger partial charge is 0.247 e. The fourth-order valence-corrected chi connectivity index (χ4v) is 1.16. The van der Waals surface area contributed by atoms with Gasteiger partial charge in [0.05, 0.1) is 0 Å². The Hall–Kier alpha value is -0.790. The van der Waals surface area contributed by atoms with Gasteiger partial charge in [-0.15, -0.1) is 0 Å². The van der Waals surface area contributed by atoms with Gasteiger partial charge in [0.2, 0.25) is 5.91 Å². The predicted octanol–water partition coefficient (Wildman–Crippen LogP) is 1.23. The standard InChI is InChI=1S/C8H13NO/c1-6(2)7-4-3-5-9-8(7)10/h3-5H2,1-2H3,(H,9,10). The zero-order valence-electron chi connectivity index (χ0n) is 6.53. The number of piperidine rings is 1. The molecule has 0 aromatic rings. The van der Waals surface area contributed by atoms with Crippen LogP contribution in [0.3, 0.4) is 0 Å². The predicted molar refractivity (Wildman–Crippen MR) is 40.6 cm³/mol. The first-order chi connectivity index (χ1) is 4.72. The van der Waals surface area contributed by atoms with E-state index in [-0.39, 0.29) is 5.91 Å². The lowest BCUT2D eigenvalue weighted by molar-refractivity contribution is -0.118. The molecule has 0 spiro atoms. The number of nitrogens with one attached hydrogen (secondary N) is 1. The minimum atomic E-state index is 0.131. The van der Waals surface area contributed by atoms with Crippen molar-refractivity contribution >= 4 is 5.91 Å². The summed E-state index contributed by atoms with van der Waals surface area (Å²) in [5, 5.41) is 2.82. The molecule has 2 heteroatoms. The molecule has 0 radical (unpaired) electrons. The summed E-state index contributed by atoms with van der Waals surface area (Å²) < 4.78 is 0. The van der Waals surface area contributed by atoms with Gasteiger partial charge in [0, 0.05) is 12.1 Å². The van der Waals surface area contributed by atoms with E-state index in [1.807, 2.05) is 13.8 Å². The largest absolute Gasteiger partial charge is 0.352 e. The minimum Gasteiger partial charge on any atom is -0.352 e. The molecule has 0 aromatic heterocycles. The van der Waals surface area contributed by atoms with Crippen LogP contribution in [0.4, 0.5) is 0 Å². The molecular weight excluding hydrogens is 126 g/mol. The molecule has 1 saturated heterocycles. The van der Waals surface area contributed by atoms with Crippen LogP contribution in [-0.2, 0) is 4.79 Å². The normalized spacial score (nSPS) is 18.6. The van der Waals surface area contributed by atoms with Crippen LogP contribution in [0.1, 0.15) is 26.7 Å². The van der Waals surface area contributed by atoms with Crippen molar-refractivity contribution in [2.24, 2.45) is 0 Å². The molecule has 1 N–H and O–H groups in total. The number of amides is 1. The highest BCUT2D eigenvalue weighted by Gasteiger charge is 2.14. The Labute approximate surface area is 61.3 Å². The van der Waals surface area contributed by atoms with Gasteiger partial charge in [0.15, 0.2) is 0 Å². The summed E-state index contributed by atoms with van der Waals surface area (Å²) in [6.45, 7) is 4.82. The van der Waals surface area contributed by atoms with Crippen LogP contribution in [0.2, 0.25) is 0 Å². The van der Waals surface area contributed by atoms with E-state index in [2.05, 4.69) is 5.32 Å². The molecule has 2 nitrogen and oxygen atoms in total. The molecule has 0 aromatic carbocycles. The molecule has 10 heavy (non-hydrogen) atoms. The van der Waals surface area contributed by atoms with Crippen molar-refractivity contribution in [3.8, 4) is 0 Å². The van der Waals surface area contributed by atoms with Gasteiger partial charge in [-0.25, -0.2) is 0 Å². The van der Waals surface area contributed by atoms with E-state index in [9.17, 15) is 4.79 Å². The lowest BCUT2D eigenvalue weighted by Crippen LogP contribution is -2.31. The summed E-state index contributed by atoms with van der Waals surface area (Å²) in [6, 6.07) is 0. The van der Waals surface area contributed by atoms with E-state index in [1.165, 1.54) is 0 Å². The number of carbonyl (C=O) groups is 1. The molecule has 0 saturated carbocycles. The lowest BCUT2D eigenvalue weighted by Gasteiger charge is -2.15. The fraction of sp³-hybridized carbons (Fsp3) is 0.625. The summed E-state index contributed by atoms with van der Waals surface area (Å²) in [5.41, 5.74) is 2.13. The molecule has 1 fully saturated rings. The van der Waals surface area contributed by atoms with Crippen molar-refractivity contribution in [1.82, 2.24) is 5.32 Å². The maximum atomic E-state index is 11.1. The Morgan fingerprint density at radius 2 is 2.20 bits per heavy atom. The topological polar surface area (TPSA) is 29.1 Å². The van der Waals surface area contributed by atoms with Crippen LogP contribution >= 0.6 is 0 Å². The summed E-state index contributed by atoms with van der Waals surface area (Å²) in [7, 11) is 0. The number of carbonyl (C=O) groups excluding carboxylic acids is 1. The highest BCUT2D eigenvalue weighted by Crippen LogP contribution is 2.13. The van der Waals surface area contributed by atoms with Crippen molar-refractivity contribution in [1.29, 1.82) is 0 Å². The van der Waals surface area contributed by atoms with E-state index in [1.54, 1.807) is 0 Å². The molecule has 56 valence electrons. The van der Waals surface area contributed by atoms with Gasteiger partial charge in [-0.05, 0) is 26.7 Å². The number of hydrogen-bond acceptors (Lipinski definition) is 1. The summed E-state index contributed by atoms with van der Waals surface area (Å²) >= 11 is 0. The van der Waals surface area contributed by atoms with Crippen LogP contribution < -0.4 is 5.32 Å². The number of hydrogen-bond donors (Lipinski definition) is 1. The average molecular weight is 139 g/mol. The molecule has 1 rings (SSSR count). The molecule has 0 aliphatic carbocycles. The minimum absolute atomic E-state index is 0.131. The molecule has 0 atom stereocenters. The average Bonchev–Trinajstić information content (AvgIpc) is 1.88. The Morgan fingerprint density at radius 3 is 2.60 bits per heavy atom. The summed E-state index contributed by atoms with van der Waals surface area (Å²) in [4.78, 5) is 11.1. The van der Waals surface area contributed by atoms with Crippen LogP contribution in [0.15, 0.2) is 11.1 Å². The Kier molecular flexibility index (Phi) is 2.10. The van der Waals surface area contributed by atoms with Gasteiger partial charge in [0.25, 0.3) is 0 Å². The van der Waals surface area contributed by atoms with Gasteiger partial charge in [-0.3, -0.25) is 4.79 Å². The van der Waals surface area contributed by atoms with Crippen molar-refractivity contribution in [3.63, 3.8) is 0 Å². The second kappa shape index (κ2) is 2.86. The van der Waals surface area contributed by atoms with E-state index in [0.717, 1.165) is 30.5 Å². The Morgan fingerprint density at radius 1 is 1.50 bits per heavy atom. The lowest BCUT2D eigenvalue weighted by atomic mass is 10.0. The third-order valence-corrected chi connectivity index (χ3v) is 1.77. The zero-order chi connectivity index (χ0) is 7.56. The van der Waals surface area contributed by atoms with Gasteiger partial charge in [-0.1, -0.05) is 5.57 Å². The van der Waals surface area contributed by atoms with E-state index in [4.69, 9.17) is 0 Å². The maximum Gasteiger partial charge on any atom is 0.247 e. The monoisotopic (exact) mass is 139 g/mol. The third-order valence-electron chi connectivity index (χ3n) is 1.77. The molecule has 0 unspecified atom stereocenters. The van der Waals surface area contributed by atoms with Crippen LogP contribution in [0.25, 0.3) is 0 Å². The SMILES string of the molecule is CC(C)=C1CCCNC1=O. The van der Waals surface area contributed by atoms with Gasteiger partial charge >= 0.3 is 0 Å². The molecule has 1 aliphatic heterocycles. The molecule has 1 aliphatic rings. The Balaban J connectivity index is 2.75. The highest BCUT2D eigenvalue weighted by molar-refractivity contribution is 5.94. The second-order valence-electron chi connectivity index (χ2n) is 2.84. The third kappa shape index (κ3) is 1.38. The summed E-state index contributed by atoms with van der Waals surface area (Å²) in [6.07, 6.45) is 2.04. The molecule has 0 bridgehead atoms.